The summed E-state index contributed by atoms with van der Waals surface area (Å²) >= 11 is 0. The lowest BCUT2D eigenvalue weighted by atomic mass is 9.96. The SMILES string of the molecule is CCn1c(=O)c(N2CCC(C(=O)NCCCN3CCCC(C)C3)CC2)nc2ccccc21. The summed E-state index contributed by atoms with van der Waals surface area (Å²) in [5.74, 6) is 1.49. The number of hydrogen-bond donors (Lipinski definition) is 1. The molecule has 0 aliphatic carbocycles. The Morgan fingerprint density at radius 1 is 1.16 bits per heavy atom. The zero-order chi connectivity index (χ0) is 22.5. The Hall–Kier alpha value is -2.41. The van der Waals surface area contributed by atoms with E-state index in [1.807, 2.05) is 31.2 Å². The first-order valence-electron chi connectivity index (χ1n) is 12.3. The maximum absolute atomic E-state index is 13.0. The molecule has 3 heterocycles. The molecule has 2 aliphatic rings. The summed E-state index contributed by atoms with van der Waals surface area (Å²) in [5, 5.41) is 3.15. The van der Waals surface area contributed by atoms with Gasteiger partial charge in [0.25, 0.3) is 5.56 Å². The highest BCUT2D eigenvalue weighted by atomic mass is 16.2. The molecule has 174 valence electrons. The Balaban J connectivity index is 1.28. The number of aromatic nitrogens is 2. The van der Waals surface area contributed by atoms with Crippen LogP contribution in [0.15, 0.2) is 29.1 Å². The van der Waals surface area contributed by atoms with Crippen molar-refractivity contribution in [2.75, 3.05) is 44.2 Å². The first-order valence-corrected chi connectivity index (χ1v) is 12.3. The molecule has 1 atom stereocenters. The van der Waals surface area contributed by atoms with Gasteiger partial charge in [-0.1, -0.05) is 19.1 Å². The summed E-state index contributed by atoms with van der Waals surface area (Å²) in [6, 6.07) is 7.78. The molecule has 7 heteroatoms. The number of benzene rings is 1. The first-order chi connectivity index (χ1) is 15.6. The van der Waals surface area contributed by atoms with E-state index in [0.29, 0.717) is 25.5 Å². The van der Waals surface area contributed by atoms with Crippen LogP contribution < -0.4 is 15.8 Å². The van der Waals surface area contributed by atoms with Crippen molar-refractivity contribution in [3.8, 4) is 0 Å². The van der Waals surface area contributed by atoms with Gasteiger partial charge in [-0.05, 0) is 70.2 Å². The summed E-state index contributed by atoms with van der Waals surface area (Å²) in [6.45, 7) is 10.5. The van der Waals surface area contributed by atoms with Crippen LogP contribution in [0.5, 0.6) is 0 Å². The lowest BCUT2D eigenvalue weighted by Gasteiger charge is -2.32. The molecule has 7 nitrogen and oxygen atoms in total. The quantitative estimate of drug-likeness (QED) is 0.672. The molecular formula is C25H37N5O2. The van der Waals surface area contributed by atoms with Crippen molar-refractivity contribution in [1.82, 2.24) is 19.8 Å². The smallest absolute Gasteiger partial charge is 0.293 e. The number of nitrogens with zero attached hydrogens (tertiary/aromatic N) is 4. The number of nitrogens with one attached hydrogen (secondary N) is 1. The fourth-order valence-electron chi connectivity index (χ4n) is 5.20. The average molecular weight is 440 g/mol. The number of para-hydroxylation sites is 2. The second kappa shape index (κ2) is 10.5. The maximum Gasteiger partial charge on any atom is 0.293 e. The van der Waals surface area contributed by atoms with Crippen molar-refractivity contribution >= 4 is 22.8 Å². The minimum atomic E-state index is -0.0406. The Morgan fingerprint density at radius 3 is 2.69 bits per heavy atom. The van der Waals surface area contributed by atoms with Crippen LogP contribution in [0.1, 0.15) is 46.0 Å². The third kappa shape index (κ3) is 5.14. The van der Waals surface area contributed by atoms with E-state index in [9.17, 15) is 9.59 Å². The van der Waals surface area contributed by atoms with Crippen LogP contribution >= 0.6 is 0 Å². The number of aryl methyl sites for hydroxylation is 1. The van der Waals surface area contributed by atoms with E-state index >= 15 is 0 Å². The van der Waals surface area contributed by atoms with Crippen LogP contribution in [0.25, 0.3) is 11.0 Å². The predicted molar refractivity (Wildman–Crippen MR) is 129 cm³/mol. The molecule has 2 aromatic rings. The second-order valence-corrected chi connectivity index (χ2v) is 9.43. The highest BCUT2D eigenvalue weighted by molar-refractivity contribution is 5.79. The van der Waals surface area contributed by atoms with E-state index in [2.05, 4.69) is 27.0 Å². The van der Waals surface area contributed by atoms with Gasteiger partial charge in [-0.3, -0.25) is 9.59 Å². The number of fused-ring (bicyclic) bond motifs is 1. The van der Waals surface area contributed by atoms with Crippen LogP contribution in [0.4, 0.5) is 5.82 Å². The van der Waals surface area contributed by atoms with Crippen LogP contribution in [0.3, 0.4) is 0 Å². The van der Waals surface area contributed by atoms with Crippen molar-refractivity contribution in [3.05, 3.63) is 34.6 Å². The van der Waals surface area contributed by atoms with Gasteiger partial charge in [0.1, 0.15) is 0 Å². The molecule has 2 aliphatic heterocycles. The summed E-state index contributed by atoms with van der Waals surface area (Å²) in [6.07, 6.45) is 5.16. The molecule has 4 rings (SSSR count). The molecule has 0 radical (unpaired) electrons. The number of rotatable bonds is 7. The molecule has 32 heavy (non-hydrogen) atoms. The molecule has 0 bridgehead atoms. The number of carbonyl (C=O) groups is 1. The summed E-state index contributed by atoms with van der Waals surface area (Å²) in [7, 11) is 0. The Kier molecular flexibility index (Phi) is 7.45. The fraction of sp³-hybridized carbons (Fsp3) is 0.640. The molecule has 0 spiro atoms. The lowest BCUT2D eigenvalue weighted by Crippen LogP contribution is -2.43. The Bertz CT molecular complexity index is 980. The number of piperidine rings is 2. The van der Waals surface area contributed by atoms with Gasteiger partial charge < -0.3 is 19.7 Å². The lowest BCUT2D eigenvalue weighted by molar-refractivity contribution is -0.125. The van der Waals surface area contributed by atoms with E-state index < -0.39 is 0 Å². The molecule has 2 saturated heterocycles. The summed E-state index contributed by atoms with van der Waals surface area (Å²) in [4.78, 5) is 34.9. The molecule has 1 aromatic carbocycles. The number of carbonyl (C=O) groups excluding carboxylic acids is 1. The standard InChI is InChI=1S/C25H37N5O2/c1-3-30-22-10-5-4-9-21(22)27-23(25(30)32)29-16-11-20(12-17-29)24(31)26-13-7-15-28-14-6-8-19(2)18-28/h4-5,9-10,19-20H,3,6-8,11-18H2,1-2H3,(H,26,31). The Labute approximate surface area is 190 Å². The monoisotopic (exact) mass is 439 g/mol. The molecule has 2 fully saturated rings. The average Bonchev–Trinajstić information content (AvgIpc) is 2.81. The molecule has 1 aromatic heterocycles. The third-order valence-corrected chi connectivity index (χ3v) is 7.01. The van der Waals surface area contributed by atoms with Crippen LogP contribution in [-0.4, -0.2) is 59.6 Å². The van der Waals surface area contributed by atoms with Gasteiger partial charge in [-0.25, -0.2) is 4.98 Å². The minimum Gasteiger partial charge on any atom is -0.356 e. The van der Waals surface area contributed by atoms with Gasteiger partial charge in [0.15, 0.2) is 5.82 Å². The third-order valence-electron chi connectivity index (χ3n) is 7.01. The van der Waals surface area contributed by atoms with Gasteiger partial charge in [0, 0.05) is 38.6 Å². The summed E-state index contributed by atoms with van der Waals surface area (Å²) < 4.78 is 1.79. The number of likely N-dealkylation sites (tertiary alicyclic amines) is 1. The normalized spacial score (nSPS) is 20.6. The van der Waals surface area contributed by atoms with E-state index in [-0.39, 0.29) is 17.4 Å². The van der Waals surface area contributed by atoms with E-state index in [1.165, 1.54) is 25.9 Å². The van der Waals surface area contributed by atoms with Crippen LogP contribution in [-0.2, 0) is 11.3 Å². The highest BCUT2D eigenvalue weighted by Gasteiger charge is 2.27. The number of hydrogen-bond acceptors (Lipinski definition) is 5. The van der Waals surface area contributed by atoms with Crippen molar-refractivity contribution in [1.29, 1.82) is 0 Å². The summed E-state index contributed by atoms with van der Waals surface area (Å²) in [5.41, 5.74) is 1.67. The van der Waals surface area contributed by atoms with Crippen molar-refractivity contribution in [3.63, 3.8) is 0 Å². The van der Waals surface area contributed by atoms with Gasteiger partial charge in [-0.2, -0.15) is 0 Å². The van der Waals surface area contributed by atoms with Gasteiger partial charge >= 0.3 is 0 Å². The second-order valence-electron chi connectivity index (χ2n) is 9.43. The van der Waals surface area contributed by atoms with E-state index in [0.717, 1.165) is 49.3 Å². The molecule has 1 unspecified atom stereocenters. The van der Waals surface area contributed by atoms with Gasteiger partial charge in [0.2, 0.25) is 5.91 Å². The maximum atomic E-state index is 13.0. The van der Waals surface area contributed by atoms with Crippen molar-refractivity contribution in [2.24, 2.45) is 11.8 Å². The molecule has 1 N–H and O–H groups in total. The van der Waals surface area contributed by atoms with Crippen molar-refractivity contribution < 1.29 is 4.79 Å². The van der Waals surface area contributed by atoms with Gasteiger partial charge in [0.05, 0.1) is 11.0 Å². The minimum absolute atomic E-state index is 0.0233. The number of amides is 1. The molecular weight excluding hydrogens is 402 g/mol. The van der Waals surface area contributed by atoms with Gasteiger partial charge in [-0.15, -0.1) is 0 Å². The fourth-order valence-corrected chi connectivity index (χ4v) is 5.20. The zero-order valence-electron chi connectivity index (χ0n) is 19.6. The number of anilines is 1. The van der Waals surface area contributed by atoms with Crippen LogP contribution in [0, 0.1) is 11.8 Å². The zero-order valence-corrected chi connectivity index (χ0v) is 19.6. The van der Waals surface area contributed by atoms with E-state index in [4.69, 9.17) is 0 Å². The molecule has 0 saturated carbocycles. The Morgan fingerprint density at radius 2 is 1.94 bits per heavy atom. The molecule has 1 amide bonds. The van der Waals surface area contributed by atoms with Crippen molar-refractivity contribution in [2.45, 2.75) is 52.5 Å². The first kappa shape index (κ1) is 22.8. The van der Waals surface area contributed by atoms with Crippen LogP contribution in [0.2, 0.25) is 0 Å². The largest absolute Gasteiger partial charge is 0.356 e. The van der Waals surface area contributed by atoms with E-state index in [1.54, 1.807) is 4.57 Å². The highest BCUT2D eigenvalue weighted by Crippen LogP contribution is 2.22. The topological polar surface area (TPSA) is 70.5 Å². The predicted octanol–water partition coefficient (Wildman–Crippen LogP) is 2.87.